The normalized spacial score (nSPS) is 26.1. The van der Waals surface area contributed by atoms with Gasteiger partial charge in [0.2, 0.25) is 0 Å². The van der Waals surface area contributed by atoms with Gasteiger partial charge in [-0.2, -0.15) is 0 Å². The van der Waals surface area contributed by atoms with Gasteiger partial charge in [0, 0.05) is 11.9 Å². The van der Waals surface area contributed by atoms with E-state index in [0.29, 0.717) is 12.5 Å². The van der Waals surface area contributed by atoms with E-state index in [1.54, 1.807) is 0 Å². The van der Waals surface area contributed by atoms with Gasteiger partial charge in [-0.1, -0.05) is 0 Å². The first-order chi connectivity index (χ1) is 7.58. The molecule has 1 aliphatic rings. The largest absolute Gasteiger partial charge is 0.335 e. The summed E-state index contributed by atoms with van der Waals surface area (Å²) in [7, 11) is -3.43. The lowest BCUT2D eigenvalue weighted by Gasteiger charge is -2.10. The molecular weight excluding hydrogens is 250 g/mol. The minimum absolute atomic E-state index is 0.105. The molecule has 1 aromatic heterocycles. The highest BCUT2D eigenvalue weighted by molar-refractivity contribution is 7.89. The number of nitrogens with zero attached hydrogens (tertiary/aromatic N) is 1. The quantitative estimate of drug-likeness (QED) is 0.799. The fourth-order valence-electron chi connectivity index (χ4n) is 1.89. The minimum atomic E-state index is -3.43. The van der Waals surface area contributed by atoms with Gasteiger partial charge in [0.1, 0.15) is 0 Å². The Morgan fingerprint density at radius 2 is 2.38 bits per heavy atom. The number of imidazole rings is 1. The van der Waals surface area contributed by atoms with Crippen molar-refractivity contribution in [2.24, 2.45) is 5.92 Å². The molecule has 1 saturated carbocycles. The predicted molar refractivity (Wildman–Crippen MR) is 60.8 cm³/mol. The van der Waals surface area contributed by atoms with Gasteiger partial charge in [-0.25, -0.2) is 18.1 Å². The van der Waals surface area contributed by atoms with Crippen LogP contribution >= 0.6 is 11.6 Å². The zero-order chi connectivity index (χ0) is 11.6. The van der Waals surface area contributed by atoms with Gasteiger partial charge in [-0.05, 0) is 25.2 Å². The summed E-state index contributed by atoms with van der Waals surface area (Å²) in [6.45, 7) is 0.449. The zero-order valence-corrected chi connectivity index (χ0v) is 10.3. The topological polar surface area (TPSA) is 74.8 Å². The van der Waals surface area contributed by atoms with E-state index in [0.717, 1.165) is 19.3 Å². The van der Waals surface area contributed by atoms with E-state index in [1.165, 1.54) is 12.5 Å². The fraction of sp³-hybridized carbons (Fsp3) is 0.667. The van der Waals surface area contributed by atoms with Crippen molar-refractivity contribution in [1.82, 2.24) is 14.7 Å². The Hall–Kier alpha value is -0.590. The Labute approximate surface area is 99.7 Å². The summed E-state index contributed by atoms with van der Waals surface area (Å²) < 4.78 is 26.0. The second-order valence-corrected chi connectivity index (χ2v) is 6.40. The van der Waals surface area contributed by atoms with Crippen LogP contribution in [-0.2, 0) is 10.0 Å². The van der Waals surface area contributed by atoms with E-state index in [4.69, 9.17) is 11.6 Å². The number of hydrogen-bond acceptors (Lipinski definition) is 3. The van der Waals surface area contributed by atoms with Crippen molar-refractivity contribution in [2.45, 2.75) is 29.7 Å². The summed E-state index contributed by atoms with van der Waals surface area (Å²) in [5, 5.41) is 0.301. The number of alkyl halides is 1. The van der Waals surface area contributed by atoms with Crippen LogP contribution < -0.4 is 4.72 Å². The molecule has 1 heterocycles. The summed E-state index contributed by atoms with van der Waals surface area (Å²) in [5.41, 5.74) is 0. The average molecular weight is 264 g/mol. The second kappa shape index (κ2) is 4.73. The Bertz CT molecular complexity index is 432. The first-order valence-electron chi connectivity index (χ1n) is 5.20. The molecule has 1 fully saturated rings. The summed E-state index contributed by atoms with van der Waals surface area (Å²) >= 11 is 5.96. The predicted octanol–water partition coefficient (Wildman–Crippen LogP) is 1.10. The molecule has 0 aliphatic heterocycles. The number of hydrogen-bond donors (Lipinski definition) is 2. The van der Waals surface area contributed by atoms with Crippen molar-refractivity contribution < 1.29 is 8.42 Å². The van der Waals surface area contributed by atoms with Crippen LogP contribution in [0.2, 0.25) is 0 Å². The van der Waals surface area contributed by atoms with Gasteiger partial charge in [0.25, 0.3) is 10.0 Å². The molecule has 0 saturated heterocycles. The van der Waals surface area contributed by atoms with Crippen LogP contribution in [0.5, 0.6) is 0 Å². The molecule has 0 aromatic carbocycles. The van der Waals surface area contributed by atoms with E-state index in [1.807, 2.05) is 0 Å². The summed E-state index contributed by atoms with van der Waals surface area (Å²) in [4.78, 5) is 6.26. The molecule has 1 aliphatic carbocycles. The number of nitrogens with one attached hydrogen (secondary N) is 2. The van der Waals surface area contributed by atoms with E-state index in [2.05, 4.69) is 14.7 Å². The molecular formula is C9H14ClN3O2S. The number of aromatic nitrogens is 2. The van der Waals surface area contributed by atoms with Crippen molar-refractivity contribution in [1.29, 1.82) is 0 Å². The van der Waals surface area contributed by atoms with Crippen LogP contribution in [0.15, 0.2) is 17.6 Å². The van der Waals surface area contributed by atoms with Crippen LogP contribution in [0.25, 0.3) is 0 Å². The lowest BCUT2D eigenvalue weighted by atomic mass is 10.1. The van der Waals surface area contributed by atoms with Crippen LogP contribution in [0.1, 0.15) is 19.3 Å². The molecule has 0 radical (unpaired) electrons. The molecule has 2 atom stereocenters. The summed E-state index contributed by atoms with van der Waals surface area (Å²) in [6, 6.07) is 0. The van der Waals surface area contributed by atoms with E-state index in [-0.39, 0.29) is 10.4 Å². The van der Waals surface area contributed by atoms with Gasteiger partial charge < -0.3 is 4.98 Å². The highest BCUT2D eigenvalue weighted by Gasteiger charge is 2.25. The average Bonchev–Trinajstić information content (AvgIpc) is 2.85. The number of aromatic amines is 1. The molecule has 2 unspecified atom stereocenters. The molecule has 0 amide bonds. The summed E-state index contributed by atoms with van der Waals surface area (Å²) in [5.74, 6) is 0.347. The minimum Gasteiger partial charge on any atom is -0.335 e. The Morgan fingerprint density at radius 3 is 2.94 bits per heavy atom. The number of halogens is 1. The van der Waals surface area contributed by atoms with Gasteiger partial charge in [-0.15, -0.1) is 11.6 Å². The molecule has 2 rings (SSSR count). The van der Waals surface area contributed by atoms with Crippen molar-refractivity contribution in [2.75, 3.05) is 6.54 Å². The molecule has 90 valence electrons. The lowest BCUT2D eigenvalue weighted by molar-refractivity contribution is 0.519. The first-order valence-corrected chi connectivity index (χ1v) is 7.12. The molecule has 16 heavy (non-hydrogen) atoms. The summed E-state index contributed by atoms with van der Waals surface area (Å²) in [6.07, 6.45) is 5.48. The maximum Gasteiger partial charge on any atom is 0.257 e. The third-order valence-electron chi connectivity index (χ3n) is 2.80. The van der Waals surface area contributed by atoms with E-state index in [9.17, 15) is 8.42 Å². The smallest absolute Gasteiger partial charge is 0.257 e. The van der Waals surface area contributed by atoms with Gasteiger partial charge in [-0.3, -0.25) is 0 Å². The van der Waals surface area contributed by atoms with Crippen molar-refractivity contribution in [3.8, 4) is 0 Å². The molecule has 5 nitrogen and oxygen atoms in total. The molecule has 0 bridgehead atoms. The zero-order valence-electron chi connectivity index (χ0n) is 8.69. The first kappa shape index (κ1) is 11.9. The van der Waals surface area contributed by atoms with Crippen LogP contribution in [0.4, 0.5) is 0 Å². The Kier molecular flexibility index (Phi) is 3.51. The van der Waals surface area contributed by atoms with E-state index < -0.39 is 10.0 Å². The van der Waals surface area contributed by atoms with Crippen molar-refractivity contribution in [3.05, 3.63) is 12.5 Å². The van der Waals surface area contributed by atoms with Crippen molar-refractivity contribution >= 4 is 21.6 Å². The maximum absolute atomic E-state index is 11.7. The highest BCUT2D eigenvalue weighted by atomic mass is 35.5. The van der Waals surface area contributed by atoms with Gasteiger partial charge in [0.05, 0.1) is 12.5 Å². The number of rotatable bonds is 4. The fourth-order valence-corrected chi connectivity index (χ4v) is 3.29. The van der Waals surface area contributed by atoms with Gasteiger partial charge in [0.15, 0.2) is 5.03 Å². The molecule has 7 heteroatoms. The van der Waals surface area contributed by atoms with Gasteiger partial charge >= 0.3 is 0 Å². The van der Waals surface area contributed by atoms with Crippen LogP contribution in [-0.4, -0.2) is 30.3 Å². The third kappa shape index (κ3) is 2.75. The third-order valence-corrected chi connectivity index (χ3v) is 4.55. The SMILES string of the molecule is O=S(=O)(NCC1CCC(Cl)C1)c1cnc[nH]1. The number of H-pyrrole nitrogens is 1. The monoisotopic (exact) mass is 263 g/mol. The van der Waals surface area contributed by atoms with Crippen molar-refractivity contribution in [3.63, 3.8) is 0 Å². The Balaban J connectivity index is 1.91. The molecule has 0 spiro atoms. The van der Waals surface area contributed by atoms with E-state index >= 15 is 0 Å². The standard InChI is InChI=1S/C9H14ClN3O2S/c10-8-2-1-7(3-8)4-13-16(14,15)9-5-11-6-12-9/h5-8,13H,1-4H2,(H,11,12). The number of sulfonamides is 1. The van der Waals surface area contributed by atoms with Crippen LogP contribution in [0.3, 0.4) is 0 Å². The highest BCUT2D eigenvalue weighted by Crippen LogP contribution is 2.28. The maximum atomic E-state index is 11.7. The Morgan fingerprint density at radius 1 is 1.56 bits per heavy atom. The van der Waals surface area contributed by atoms with Crippen LogP contribution in [0, 0.1) is 5.92 Å². The second-order valence-electron chi connectivity index (χ2n) is 4.04. The molecule has 2 N–H and O–H groups in total. The lowest BCUT2D eigenvalue weighted by Crippen LogP contribution is -2.28. The molecule has 1 aromatic rings.